The Morgan fingerprint density at radius 1 is 1.00 bits per heavy atom. The second-order valence-corrected chi connectivity index (χ2v) is 5.23. The second-order valence-electron chi connectivity index (χ2n) is 5.23. The first kappa shape index (κ1) is 14.6. The van der Waals surface area contributed by atoms with Crippen LogP contribution in [0.15, 0.2) is 54.6 Å². The zero-order chi connectivity index (χ0) is 14.2. The fourth-order valence-corrected chi connectivity index (χ4v) is 2.36. The van der Waals surface area contributed by atoms with Gasteiger partial charge in [-0.1, -0.05) is 62.2 Å². The molecule has 0 unspecified atom stereocenters. The largest absolute Gasteiger partial charge is 0.399 e. The van der Waals surface area contributed by atoms with Gasteiger partial charge in [0.2, 0.25) is 0 Å². The van der Waals surface area contributed by atoms with E-state index < -0.39 is 0 Å². The van der Waals surface area contributed by atoms with Gasteiger partial charge in [0, 0.05) is 18.3 Å². The van der Waals surface area contributed by atoms with Crippen LogP contribution >= 0.6 is 0 Å². The highest BCUT2D eigenvalue weighted by molar-refractivity contribution is 5.39. The van der Waals surface area contributed by atoms with E-state index in [-0.39, 0.29) is 0 Å². The Morgan fingerprint density at radius 3 is 2.35 bits per heavy atom. The molecule has 0 aliphatic carbocycles. The average Bonchev–Trinajstić information content (AvgIpc) is 2.50. The molecule has 2 aromatic rings. The summed E-state index contributed by atoms with van der Waals surface area (Å²) in [5.41, 5.74) is 9.18. The molecule has 2 heteroatoms. The van der Waals surface area contributed by atoms with Crippen molar-refractivity contribution in [1.82, 2.24) is 5.32 Å². The van der Waals surface area contributed by atoms with Crippen molar-refractivity contribution in [3.63, 3.8) is 0 Å². The van der Waals surface area contributed by atoms with Crippen molar-refractivity contribution < 1.29 is 0 Å². The van der Waals surface area contributed by atoms with E-state index in [0.717, 1.165) is 12.2 Å². The summed E-state index contributed by atoms with van der Waals surface area (Å²) in [7, 11) is 0. The maximum atomic E-state index is 5.72. The summed E-state index contributed by atoms with van der Waals surface area (Å²) in [6.07, 6.45) is 3.65. The lowest BCUT2D eigenvalue weighted by atomic mass is 10.0. The van der Waals surface area contributed by atoms with Gasteiger partial charge in [-0.25, -0.2) is 0 Å². The molecule has 0 radical (unpaired) electrons. The molecule has 0 bridgehead atoms. The molecule has 1 atom stereocenters. The lowest BCUT2D eigenvalue weighted by molar-refractivity contribution is 0.480. The lowest BCUT2D eigenvalue weighted by Crippen LogP contribution is -2.20. The monoisotopic (exact) mass is 268 g/mol. The molecule has 0 amide bonds. The molecule has 20 heavy (non-hydrogen) atoms. The van der Waals surface area contributed by atoms with Crippen LogP contribution in [0.25, 0.3) is 0 Å². The summed E-state index contributed by atoms with van der Waals surface area (Å²) in [6, 6.07) is 19.2. The summed E-state index contributed by atoms with van der Waals surface area (Å²) in [5.74, 6) is 0. The third kappa shape index (κ3) is 4.39. The highest BCUT2D eigenvalue weighted by Gasteiger charge is 2.09. The van der Waals surface area contributed by atoms with E-state index in [1.165, 1.54) is 30.4 Å². The van der Waals surface area contributed by atoms with Crippen molar-refractivity contribution in [3.8, 4) is 0 Å². The van der Waals surface area contributed by atoms with Crippen LogP contribution < -0.4 is 11.1 Å². The summed E-state index contributed by atoms with van der Waals surface area (Å²) >= 11 is 0. The maximum absolute atomic E-state index is 5.72. The summed E-state index contributed by atoms with van der Waals surface area (Å²) in [4.78, 5) is 0. The summed E-state index contributed by atoms with van der Waals surface area (Å²) in [5, 5.41) is 3.67. The molecule has 0 aromatic heterocycles. The van der Waals surface area contributed by atoms with Crippen LogP contribution in [0.4, 0.5) is 5.69 Å². The molecule has 0 saturated carbocycles. The van der Waals surface area contributed by atoms with Gasteiger partial charge in [0.15, 0.2) is 0 Å². The predicted molar refractivity (Wildman–Crippen MR) is 86.4 cm³/mol. The Kier molecular flexibility index (Phi) is 5.63. The number of hydrogen-bond donors (Lipinski definition) is 2. The molecule has 0 spiro atoms. The van der Waals surface area contributed by atoms with Crippen LogP contribution in [-0.4, -0.2) is 0 Å². The zero-order valence-corrected chi connectivity index (χ0v) is 12.2. The molecule has 3 N–H and O–H groups in total. The van der Waals surface area contributed by atoms with Crippen molar-refractivity contribution in [1.29, 1.82) is 0 Å². The van der Waals surface area contributed by atoms with Gasteiger partial charge in [-0.2, -0.15) is 0 Å². The van der Waals surface area contributed by atoms with E-state index in [0.29, 0.717) is 6.04 Å². The number of rotatable bonds is 7. The van der Waals surface area contributed by atoms with Crippen LogP contribution in [0.5, 0.6) is 0 Å². The molecule has 2 rings (SSSR count). The van der Waals surface area contributed by atoms with E-state index >= 15 is 0 Å². The van der Waals surface area contributed by atoms with E-state index in [1.807, 2.05) is 12.1 Å². The fourth-order valence-electron chi connectivity index (χ4n) is 2.36. The van der Waals surface area contributed by atoms with Crippen LogP contribution in [0.1, 0.15) is 43.4 Å². The van der Waals surface area contributed by atoms with E-state index in [9.17, 15) is 0 Å². The first-order valence-corrected chi connectivity index (χ1v) is 7.42. The molecule has 0 aliphatic rings. The van der Waals surface area contributed by atoms with Gasteiger partial charge in [-0.05, 0) is 29.7 Å². The van der Waals surface area contributed by atoms with Crippen LogP contribution in [0.2, 0.25) is 0 Å². The minimum atomic E-state index is 0.425. The van der Waals surface area contributed by atoms with Crippen molar-refractivity contribution in [2.24, 2.45) is 0 Å². The molecule has 0 fully saturated rings. The molecule has 2 nitrogen and oxygen atoms in total. The van der Waals surface area contributed by atoms with E-state index in [2.05, 4.69) is 54.7 Å². The molecule has 0 aliphatic heterocycles. The maximum Gasteiger partial charge on any atom is 0.0323 e. The van der Waals surface area contributed by atoms with Gasteiger partial charge in [0.05, 0.1) is 0 Å². The molecular weight excluding hydrogens is 244 g/mol. The van der Waals surface area contributed by atoms with Gasteiger partial charge in [-0.15, -0.1) is 0 Å². The van der Waals surface area contributed by atoms with Gasteiger partial charge < -0.3 is 11.1 Å². The number of nitrogens with one attached hydrogen (secondary N) is 1. The lowest BCUT2D eigenvalue weighted by Gasteiger charge is -2.19. The van der Waals surface area contributed by atoms with Crippen LogP contribution in [0.3, 0.4) is 0 Å². The Hall–Kier alpha value is -1.80. The topological polar surface area (TPSA) is 38.0 Å². The normalized spacial score (nSPS) is 12.2. The number of unbranched alkanes of at least 4 members (excludes halogenated alkanes) is 1. The molecule has 2 aromatic carbocycles. The number of hydrogen-bond acceptors (Lipinski definition) is 2. The number of benzene rings is 2. The SMILES string of the molecule is CCCC[C@H](NCc1ccc(N)cc1)c1ccccc1. The average molecular weight is 268 g/mol. The van der Waals surface area contributed by atoms with Crippen molar-refractivity contribution in [2.75, 3.05) is 5.73 Å². The number of nitrogen functional groups attached to an aromatic ring is 1. The molecular formula is C18H24N2. The van der Waals surface area contributed by atoms with Crippen molar-refractivity contribution in [3.05, 3.63) is 65.7 Å². The first-order chi connectivity index (χ1) is 9.79. The number of anilines is 1. The van der Waals surface area contributed by atoms with Gasteiger partial charge in [0.1, 0.15) is 0 Å². The Labute approximate surface area is 122 Å². The van der Waals surface area contributed by atoms with Gasteiger partial charge in [-0.3, -0.25) is 0 Å². The van der Waals surface area contributed by atoms with Crippen LogP contribution in [0, 0.1) is 0 Å². The standard InChI is InChI=1S/C18H24N2/c1-2-3-9-18(16-7-5-4-6-8-16)20-14-15-10-12-17(19)13-11-15/h4-8,10-13,18,20H,2-3,9,14,19H2,1H3/t18-/m0/s1. The smallest absolute Gasteiger partial charge is 0.0323 e. The van der Waals surface area contributed by atoms with Gasteiger partial charge in [0.25, 0.3) is 0 Å². The second kappa shape index (κ2) is 7.71. The Bertz CT molecular complexity index is 491. The van der Waals surface area contributed by atoms with Gasteiger partial charge >= 0.3 is 0 Å². The fraction of sp³-hybridized carbons (Fsp3) is 0.333. The number of nitrogens with two attached hydrogens (primary N) is 1. The Morgan fingerprint density at radius 2 is 1.70 bits per heavy atom. The zero-order valence-electron chi connectivity index (χ0n) is 12.2. The predicted octanol–water partition coefficient (Wildman–Crippen LogP) is 4.29. The summed E-state index contributed by atoms with van der Waals surface area (Å²) < 4.78 is 0. The van der Waals surface area contributed by atoms with E-state index in [4.69, 9.17) is 5.73 Å². The minimum absolute atomic E-state index is 0.425. The highest BCUT2D eigenvalue weighted by atomic mass is 14.9. The molecule has 0 heterocycles. The van der Waals surface area contributed by atoms with Crippen LogP contribution in [-0.2, 0) is 6.54 Å². The Balaban J connectivity index is 1.99. The summed E-state index contributed by atoms with van der Waals surface area (Å²) in [6.45, 7) is 3.12. The van der Waals surface area contributed by atoms with Crippen molar-refractivity contribution in [2.45, 2.75) is 38.8 Å². The molecule has 106 valence electrons. The third-order valence-electron chi connectivity index (χ3n) is 3.58. The third-order valence-corrected chi connectivity index (χ3v) is 3.58. The minimum Gasteiger partial charge on any atom is -0.399 e. The highest BCUT2D eigenvalue weighted by Crippen LogP contribution is 2.20. The quantitative estimate of drug-likeness (QED) is 0.735. The molecule has 0 saturated heterocycles. The van der Waals surface area contributed by atoms with E-state index in [1.54, 1.807) is 0 Å². The van der Waals surface area contributed by atoms with Crippen molar-refractivity contribution >= 4 is 5.69 Å². The first-order valence-electron chi connectivity index (χ1n) is 7.42.